The Morgan fingerprint density at radius 1 is 1.69 bits per heavy atom. The maximum Gasteiger partial charge on any atom is 0.0819 e. The van der Waals surface area contributed by atoms with Gasteiger partial charge in [0.1, 0.15) is 0 Å². The van der Waals surface area contributed by atoms with Crippen LogP contribution in [-0.4, -0.2) is 12.5 Å². The summed E-state index contributed by atoms with van der Waals surface area (Å²) in [5.74, 6) is 0. The fourth-order valence-electron chi connectivity index (χ4n) is 1.00. The Labute approximate surface area is 87.6 Å². The molecule has 1 rings (SSSR count). The van der Waals surface area contributed by atoms with Crippen molar-refractivity contribution in [3.8, 4) is 0 Å². The van der Waals surface area contributed by atoms with E-state index < -0.39 is 0 Å². The van der Waals surface area contributed by atoms with Crippen molar-refractivity contribution in [1.82, 2.24) is 0 Å². The summed E-state index contributed by atoms with van der Waals surface area (Å²) in [6.07, 6.45) is 3.89. The molecule has 0 atom stereocenters. The molecule has 0 aliphatic rings. The average molecular weight is 211 g/mol. The van der Waals surface area contributed by atoms with Crippen LogP contribution in [-0.2, 0) is 0 Å². The van der Waals surface area contributed by atoms with Gasteiger partial charge in [0.15, 0.2) is 0 Å². The van der Waals surface area contributed by atoms with E-state index in [0.717, 1.165) is 11.3 Å². The molecule has 0 unspecified atom stereocenters. The summed E-state index contributed by atoms with van der Waals surface area (Å²) in [7, 11) is 0. The first kappa shape index (κ1) is 10.5. The van der Waals surface area contributed by atoms with E-state index in [-0.39, 0.29) is 0 Å². The van der Waals surface area contributed by atoms with Crippen molar-refractivity contribution >= 4 is 40.6 Å². The van der Waals surface area contributed by atoms with Crippen molar-refractivity contribution in [2.75, 3.05) is 6.26 Å². The van der Waals surface area contributed by atoms with Crippen LogP contribution in [0.5, 0.6) is 0 Å². The summed E-state index contributed by atoms with van der Waals surface area (Å²) in [6, 6.07) is 2.11. The van der Waals surface area contributed by atoms with Gasteiger partial charge >= 0.3 is 0 Å². The van der Waals surface area contributed by atoms with Crippen LogP contribution in [0.2, 0.25) is 0 Å². The standard InChI is InChI=1S/C10H13NS2/c1-5-11-8-6-9(12-4)13-10(8)7(2)3/h5-6H,2H2,1,3-4H3. The van der Waals surface area contributed by atoms with Gasteiger partial charge in [-0.1, -0.05) is 6.58 Å². The zero-order valence-electron chi connectivity index (χ0n) is 8.13. The molecule has 0 aliphatic heterocycles. The lowest BCUT2D eigenvalue weighted by Gasteiger charge is -1.94. The van der Waals surface area contributed by atoms with Gasteiger partial charge in [-0.05, 0) is 31.7 Å². The molecular weight excluding hydrogens is 198 g/mol. The minimum atomic E-state index is 1.05. The second kappa shape index (κ2) is 4.63. The molecule has 0 saturated heterocycles. The molecule has 0 spiro atoms. The van der Waals surface area contributed by atoms with Crippen molar-refractivity contribution in [3.63, 3.8) is 0 Å². The highest BCUT2D eigenvalue weighted by molar-refractivity contribution is 8.00. The number of hydrogen-bond acceptors (Lipinski definition) is 3. The lowest BCUT2D eigenvalue weighted by molar-refractivity contribution is 1.53. The molecule has 1 heterocycles. The third-order valence-electron chi connectivity index (χ3n) is 1.55. The van der Waals surface area contributed by atoms with E-state index in [1.54, 1.807) is 23.1 Å². The van der Waals surface area contributed by atoms with Crippen LogP contribution in [0, 0.1) is 0 Å². The first-order chi connectivity index (χ1) is 6.19. The van der Waals surface area contributed by atoms with Gasteiger partial charge in [0.05, 0.1) is 14.8 Å². The predicted octanol–water partition coefficient (Wildman–Crippen LogP) is 4.23. The maximum atomic E-state index is 4.31. The third-order valence-corrected chi connectivity index (χ3v) is 3.90. The molecule has 1 aromatic heterocycles. The monoisotopic (exact) mass is 211 g/mol. The molecule has 1 nitrogen and oxygen atoms in total. The highest BCUT2D eigenvalue weighted by Gasteiger charge is 2.07. The Morgan fingerprint density at radius 2 is 2.38 bits per heavy atom. The van der Waals surface area contributed by atoms with Crippen LogP contribution in [0.4, 0.5) is 5.69 Å². The smallest absolute Gasteiger partial charge is 0.0819 e. The van der Waals surface area contributed by atoms with Gasteiger partial charge in [-0.25, -0.2) is 0 Å². The molecule has 0 saturated carbocycles. The first-order valence-electron chi connectivity index (χ1n) is 4.01. The van der Waals surface area contributed by atoms with Crippen LogP contribution in [0.25, 0.3) is 5.57 Å². The molecule has 3 heteroatoms. The Balaban J connectivity index is 3.14. The minimum Gasteiger partial charge on any atom is -0.260 e. The fourth-order valence-corrected chi connectivity index (χ4v) is 2.58. The Kier molecular flexibility index (Phi) is 3.75. The van der Waals surface area contributed by atoms with Crippen molar-refractivity contribution in [1.29, 1.82) is 0 Å². The van der Waals surface area contributed by atoms with Crippen molar-refractivity contribution in [3.05, 3.63) is 17.5 Å². The SMILES string of the molecule is C=C(C)c1sc(SC)cc1N=CC. The van der Waals surface area contributed by atoms with E-state index in [1.807, 2.05) is 20.1 Å². The number of allylic oxidation sites excluding steroid dienone is 1. The van der Waals surface area contributed by atoms with Crippen molar-refractivity contribution in [2.24, 2.45) is 4.99 Å². The third kappa shape index (κ3) is 2.45. The number of nitrogens with zero attached hydrogens (tertiary/aromatic N) is 1. The van der Waals surface area contributed by atoms with E-state index in [2.05, 4.69) is 23.9 Å². The van der Waals surface area contributed by atoms with Gasteiger partial charge in [-0.3, -0.25) is 4.99 Å². The van der Waals surface area contributed by atoms with Crippen LogP contribution in [0.1, 0.15) is 18.7 Å². The zero-order chi connectivity index (χ0) is 9.84. The predicted molar refractivity (Wildman–Crippen MR) is 64.6 cm³/mol. The van der Waals surface area contributed by atoms with Gasteiger partial charge < -0.3 is 0 Å². The molecule has 0 bridgehead atoms. The molecule has 13 heavy (non-hydrogen) atoms. The Hall–Kier alpha value is -0.540. The van der Waals surface area contributed by atoms with Crippen LogP contribution in [0.15, 0.2) is 21.8 Å². The van der Waals surface area contributed by atoms with Gasteiger partial charge in [0.2, 0.25) is 0 Å². The molecule has 0 amide bonds. The number of hydrogen-bond donors (Lipinski definition) is 0. The minimum absolute atomic E-state index is 1.05. The summed E-state index contributed by atoms with van der Waals surface area (Å²) in [4.78, 5) is 5.50. The lowest BCUT2D eigenvalue weighted by Crippen LogP contribution is -1.69. The summed E-state index contributed by atoms with van der Waals surface area (Å²) < 4.78 is 1.29. The quantitative estimate of drug-likeness (QED) is 0.538. The topological polar surface area (TPSA) is 12.4 Å². The van der Waals surface area contributed by atoms with Gasteiger partial charge in [0, 0.05) is 6.21 Å². The molecule has 70 valence electrons. The van der Waals surface area contributed by atoms with Gasteiger partial charge in [0.25, 0.3) is 0 Å². The molecule has 0 fully saturated rings. The molecular formula is C10H13NS2. The summed E-state index contributed by atoms with van der Waals surface area (Å²) in [5, 5.41) is 0. The average Bonchev–Trinajstić information content (AvgIpc) is 2.48. The maximum absolute atomic E-state index is 4.31. The molecule has 0 aromatic carbocycles. The molecule has 1 aromatic rings. The summed E-state index contributed by atoms with van der Waals surface area (Å²) >= 11 is 3.51. The van der Waals surface area contributed by atoms with Crippen LogP contribution in [0.3, 0.4) is 0 Å². The second-order valence-electron chi connectivity index (χ2n) is 2.65. The van der Waals surface area contributed by atoms with E-state index >= 15 is 0 Å². The lowest BCUT2D eigenvalue weighted by atomic mass is 10.2. The van der Waals surface area contributed by atoms with E-state index in [4.69, 9.17) is 0 Å². The first-order valence-corrected chi connectivity index (χ1v) is 6.05. The molecule has 0 aliphatic carbocycles. The van der Waals surface area contributed by atoms with E-state index in [9.17, 15) is 0 Å². The summed E-state index contributed by atoms with van der Waals surface area (Å²) in [6.45, 7) is 7.89. The second-order valence-corrected chi connectivity index (χ2v) is 4.81. The fraction of sp³-hybridized carbons (Fsp3) is 0.300. The number of thioether (sulfide) groups is 1. The van der Waals surface area contributed by atoms with E-state index in [0.29, 0.717) is 0 Å². The Morgan fingerprint density at radius 3 is 2.85 bits per heavy atom. The largest absolute Gasteiger partial charge is 0.260 e. The highest BCUT2D eigenvalue weighted by Crippen LogP contribution is 2.38. The van der Waals surface area contributed by atoms with Gasteiger partial charge in [-0.2, -0.15) is 0 Å². The Bertz CT molecular complexity index is 337. The van der Waals surface area contributed by atoms with Crippen molar-refractivity contribution in [2.45, 2.75) is 18.1 Å². The molecule has 0 radical (unpaired) electrons. The zero-order valence-corrected chi connectivity index (χ0v) is 9.76. The van der Waals surface area contributed by atoms with Crippen molar-refractivity contribution < 1.29 is 0 Å². The molecule has 0 N–H and O–H groups in total. The highest BCUT2D eigenvalue weighted by atomic mass is 32.2. The van der Waals surface area contributed by atoms with Crippen LogP contribution < -0.4 is 0 Å². The number of thiophene rings is 1. The van der Waals surface area contributed by atoms with E-state index in [1.165, 1.54) is 9.09 Å². The van der Waals surface area contributed by atoms with Crippen LogP contribution >= 0.6 is 23.1 Å². The summed E-state index contributed by atoms with van der Waals surface area (Å²) in [5.41, 5.74) is 2.13. The normalized spacial score (nSPS) is 11.0. The number of rotatable bonds is 3. The number of aliphatic imine (C=N–C) groups is 1. The van der Waals surface area contributed by atoms with Gasteiger partial charge in [-0.15, -0.1) is 23.1 Å².